The maximum absolute atomic E-state index is 13.9. The van der Waals surface area contributed by atoms with Crippen molar-refractivity contribution >= 4 is 11.8 Å². The molecular weight excluding hydrogens is 480 g/mol. The predicted molar refractivity (Wildman–Crippen MR) is 147 cm³/mol. The molecule has 1 heterocycles. The highest BCUT2D eigenvalue weighted by Crippen LogP contribution is 2.47. The topological polar surface area (TPSA) is 77.1 Å². The molecule has 7 nitrogen and oxygen atoms in total. The van der Waals surface area contributed by atoms with E-state index in [-0.39, 0.29) is 11.8 Å². The number of carbonyl (C=O) groups excluding carboxylic acids is 2. The molecule has 0 radical (unpaired) electrons. The third kappa shape index (κ3) is 5.47. The minimum Gasteiger partial charge on any atom is -0.493 e. The lowest BCUT2D eigenvalue weighted by atomic mass is 9.79. The van der Waals surface area contributed by atoms with Crippen LogP contribution in [0.25, 0.3) is 0 Å². The van der Waals surface area contributed by atoms with Gasteiger partial charge >= 0.3 is 0 Å². The van der Waals surface area contributed by atoms with Crippen LogP contribution in [0.1, 0.15) is 58.8 Å². The number of ether oxygens (including phenoxy) is 3. The number of nitrogens with one attached hydrogen (secondary N) is 1. The van der Waals surface area contributed by atoms with Crippen LogP contribution in [0.5, 0.6) is 17.2 Å². The lowest BCUT2D eigenvalue weighted by Crippen LogP contribution is -2.47. The van der Waals surface area contributed by atoms with E-state index in [2.05, 4.69) is 17.4 Å². The van der Waals surface area contributed by atoms with Gasteiger partial charge in [-0.25, -0.2) is 0 Å². The van der Waals surface area contributed by atoms with Crippen LogP contribution in [0.3, 0.4) is 0 Å². The molecule has 0 spiro atoms. The summed E-state index contributed by atoms with van der Waals surface area (Å²) in [6.07, 6.45) is 2.44. The fraction of sp³-hybridized carbons (Fsp3) is 0.355. The van der Waals surface area contributed by atoms with E-state index in [0.29, 0.717) is 35.9 Å². The summed E-state index contributed by atoms with van der Waals surface area (Å²) in [7, 11) is 4.67. The SMILES string of the molecule is CCCN1C(=O)c2ccccc2[C@H](C(=O)NCCCc2ccccc2)[C@H]1c1cc(OC)c(OC)c(OC)c1. The molecule has 3 aromatic carbocycles. The first-order chi connectivity index (χ1) is 18.5. The van der Waals surface area contributed by atoms with Gasteiger partial charge in [0.05, 0.1) is 33.3 Å². The zero-order valence-corrected chi connectivity index (χ0v) is 22.5. The van der Waals surface area contributed by atoms with Gasteiger partial charge in [0.25, 0.3) is 5.91 Å². The monoisotopic (exact) mass is 516 g/mol. The van der Waals surface area contributed by atoms with E-state index in [9.17, 15) is 9.59 Å². The van der Waals surface area contributed by atoms with Crippen molar-refractivity contribution in [3.8, 4) is 17.2 Å². The Morgan fingerprint density at radius 1 is 0.921 bits per heavy atom. The molecule has 1 N–H and O–H groups in total. The molecule has 38 heavy (non-hydrogen) atoms. The van der Waals surface area contributed by atoms with Gasteiger partial charge in [-0.3, -0.25) is 9.59 Å². The fourth-order valence-electron chi connectivity index (χ4n) is 5.26. The molecule has 0 saturated carbocycles. The van der Waals surface area contributed by atoms with Gasteiger partial charge in [-0.1, -0.05) is 55.5 Å². The first kappa shape index (κ1) is 27.0. The summed E-state index contributed by atoms with van der Waals surface area (Å²) in [6, 6.07) is 20.8. The van der Waals surface area contributed by atoms with Gasteiger partial charge in [0.1, 0.15) is 0 Å². The third-order valence-electron chi connectivity index (χ3n) is 7.00. The second-order valence-electron chi connectivity index (χ2n) is 9.35. The average Bonchev–Trinajstić information content (AvgIpc) is 2.96. The van der Waals surface area contributed by atoms with E-state index in [1.165, 1.54) is 5.56 Å². The highest BCUT2D eigenvalue weighted by molar-refractivity contribution is 6.01. The standard InChI is InChI=1S/C31H36N2O5/c1-5-18-33-28(22-19-25(36-2)29(38-4)26(20-22)37-3)27(23-15-9-10-16-24(23)31(33)35)30(34)32-17-11-14-21-12-7-6-8-13-21/h6-10,12-13,15-16,19-20,27-28H,5,11,14,17-18H2,1-4H3,(H,32,34)/t27-,28+/m0/s1. The molecule has 1 aliphatic heterocycles. The predicted octanol–water partition coefficient (Wildman–Crippen LogP) is 5.15. The second kappa shape index (κ2) is 12.5. The first-order valence-electron chi connectivity index (χ1n) is 13.0. The maximum atomic E-state index is 13.9. The Bertz CT molecular complexity index is 1240. The Labute approximate surface area is 224 Å². The van der Waals surface area contributed by atoms with Crippen molar-refractivity contribution in [1.29, 1.82) is 0 Å². The lowest BCUT2D eigenvalue weighted by Gasteiger charge is -2.42. The van der Waals surface area contributed by atoms with Gasteiger partial charge in [0.2, 0.25) is 11.7 Å². The summed E-state index contributed by atoms with van der Waals surface area (Å²) < 4.78 is 16.7. The largest absolute Gasteiger partial charge is 0.493 e. The maximum Gasteiger partial charge on any atom is 0.254 e. The number of aryl methyl sites for hydroxylation is 1. The van der Waals surface area contributed by atoms with Crippen LogP contribution in [-0.2, 0) is 11.2 Å². The van der Waals surface area contributed by atoms with Gasteiger partial charge in [-0.15, -0.1) is 0 Å². The van der Waals surface area contributed by atoms with Crippen LogP contribution in [-0.4, -0.2) is 51.1 Å². The van der Waals surface area contributed by atoms with E-state index < -0.39 is 12.0 Å². The minimum atomic E-state index is -0.602. The molecule has 2 atom stereocenters. The van der Waals surface area contributed by atoms with Gasteiger partial charge in [-0.05, 0) is 54.2 Å². The van der Waals surface area contributed by atoms with Crippen molar-refractivity contribution in [3.63, 3.8) is 0 Å². The Kier molecular flexibility index (Phi) is 8.89. The number of carbonyl (C=O) groups is 2. The minimum absolute atomic E-state index is 0.0886. The van der Waals surface area contributed by atoms with E-state index in [4.69, 9.17) is 14.2 Å². The average molecular weight is 517 g/mol. The first-order valence-corrected chi connectivity index (χ1v) is 13.0. The van der Waals surface area contributed by atoms with Crippen molar-refractivity contribution in [2.75, 3.05) is 34.4 Å². The number of hydrogen-bond donors (Lipinski definition) is 1. The summed E-state index contributed by atoms with van der Waals surface area (Å²) in [5.74, 6) is 0.616. The molecule has 0 fully saturated rings. The van der Waals surface area contributed by atoms with E-state index in [1.54, 1.807) is 32.3 Å². The Morgan fingerprint density at radius 3 is 2.21 bits per heavy atom. The fourth-order valence-corrected chi connectivity index (χ4v) is 5.26. The van der Waals surface area contributed by atoms with Crippen molar-refractivity contribution in [1.82, 2.24) is 10.2 Å². The highest BCUT2D eigenvalue weighted by Gasteiger charge is 2.44. The lowest BCUT2D eigenvalue weighted by molar-refractivity contribution is -0.124. The summed E-state index contributed by atoms with van der Waals surface area (Å²) in [5, 5.41) is 3.16. The molecule has 2 amide bonds. The second-order valence-corrected chi connectivity index (χ2v) is 9.35. The Morgan fingerprint density at radius 2 is 1.58 bits per heavy atom. The molecule has 0 saturated heterocycles. The quantitative estimate of drug-likeness (QED) is 0.357. The van der Waals surface area contributed by atoms with Crippen molar-refractivity contribution < 1.29 is 23.8 Å². The van der Waals surface area contributed by atoms with Crippen LogP contribution in [0.4, 0.5) is 0 Å². The van der Waals surface area contributed by atoms with E-state index >= 15 is 0 Å². The molecule has 0 bridgehead atoms. The molecule has 0 aliphatic carbocycles. The Balaban J connectivity index is 1.73. The normalized spacial score (nSPS) is 16.5. The zero-order chi connectivity index (χ0) is 27.1. The molecular formula is C31H36N2O5. The van der Waals surface area contributed by atoms with Gasteiger partial charge < -0.3 is 24.4 Å². The van der Waals surface area contributed by atoms with E-state index in [0.717, 1.165) is 30.4 Å². The summed E-state index contributed by atoms with van der Waals surface area (Å²) in [5.41, 5.74) is 3.28. The summed E-state index contributed by atoms with van der Waals surface area (Å²) >= 11 is 0. The summed E-state index contributed by atoms with van der Waals surface area (Å²) in [4.78, 5) is 29.4. The smallest absolute Gasteiger partial charge is 0.254 e. The number of rotatable bonds is 11. The molecule has 1 aliphatic rings. The van der Waals surface area contributed by atoms with Crippen LogP contribution >= 0.6 is 0 Å². The molecule has 4 rings (SSSR count). The Hall–Kier alpha value is -4.00. The van der Waals surface area contributed by atoms with Gasteiger partial charge in [-0.2, -0.15) is 0 Å². The third-order valence-corrected chi connectivity index (χ3v) is 7.00. The number of methoxy groups -OCH3 is 3. The van der Waals surface area contributed by atoms with Gasteiger partial charge in [0, 0.05) is 18.7 Å². The van der Waals surface area contributed by atoms with Crippen LogP contribution in [0, 0.1) is 0 Å². The van der Waals surface area contributed by atoms with Crippen LogP contribution in [0.15, 0.2) is 66.7 Å². The van der Waals surface area contributed by atoms with Crippen LogP contribution in [0.2, 0.25) is 0 Å². The van der Waals surface area contributed by atoms with Crippen molar-refractivity contribution in [3.05, 3.63) is 89.0 Å². The van der Waals surface area contributed by atoms with Crippen molar-refractivity contribution in [2.24, 2.45) is 0 Å². The number of benzene rings is 3. The number of nitrogens with zero attached hydrogens (tertiary/aromatic N) is 1. The molecule has 200 valence electrons. The van der Waals surface area contributed by atoms with Crippen molar-refractivity contribution in [2.45, 2.75) is 38.1 Å². The molecule has 0 unspecified atom stereocenters. The number of amides is 2. The number of hydrogen-bond acceptors (Lipinski definition) is 5. The highest BCUT2D eigenvalue weighted by atomic mass is 16.5. The number of fused-ring (bicyclic) bond motifs is 1. The molecule has 3 aromatic rings. The van der Waals surface area contributed by atoms with E-state index in [1.807, 2.05) is 55.5 Å². The zero-order valence-electron chi connectivity index (χ0n) is 22.5. The summed E-state index contributed by atoms with van der Waals surface area (Å²) in [6.45, 7) is 3.07. The van der Waals surface area contributed by atoms with Crippen LogP contribution < -0.4 is 19.5 Å². The van der Waals surface area contributed by atoms with Gasteiger partial charge in [0.15, 0.2) is 11.5 Å². The molecule has 0 aromatic heterocycles. The molecule has 7 heteroatoms.